The number of hydrogen-bond acceptors (Lipinski definition) is 2. The number of methoxy groups -OCH3 is 1. The smallest absolute Gasteiger partial charge is 0.127 e. The highest BCUT2D eigenvalue weighted by Gasteiger charge is 2.27. The van der Waals surface area contributed by atoms with E-state index in [-0.39, 0.29) is 11.9 Å². The molecule has 12 heavy (non-hydrogen) atoms. The molecule has 64 valence electrons. The van der Waals surface area contributed by atoms with Gasteiger partial charge in [0.25, 0.3) is 0 Å². The molecule has 1 saturated heterocycles. The second kappa shape index (κ2) is 2.75. The molecule has 0 saturated carbocycles. The minimum atomic E-state index is -0.281. The maximum atomic E-state index is 12.7. The lowest BCUT2D eigenvalue weighted by atomic mass is 10.1. The molecule has 1 heterocycles. The average molecular weight is 168 g/mol. The van der Waals surface area contributed by atoms with E-state index < -0.39 is 0 Å². The topological polar surface area (TPSA) is 21.8 Å². The van der Waals surface area contributed by atoms with Gasteiger partial charge in [-0.3, -0.25) is 0 Å². The highest BCUT2D eigenvalue weighted by molar-refractivity contribution is 5.37. The molecule has 1 fully saturated rings. The maximum Gasteiger partial charge on any atom is 0.127 e. The fourth-order valence-corrected chi connectivity index (χ4v) is 1.18. The Balaban J connectivity index is 2.38. The van der Waals surface area contributed by atoms with Gasteiger partial charge in [-0.15, -0.1) is 0 Å². The summed E-state index contributed by atoms with van der Waals surface area (Å²) in [5.74, 6) is 0.286. The van der Waals surface area contributed by atoms with E-state index >= 15 is 0 Å². The van der Waals surface area contributed by atoms with Gasteiger partial charge in [0.1, 0.15) is 17.7 Å². The normalized spacial score (nSPS) is 20.7. The Morgan fingerprint density at radius 2 is 2.33 bits per heavy atom. The van der Waals surface area contributed by atoms with Crippen molar-refractivity contribution in [1.29, 1.82) is 0 Å². The standard InChI is InChI=1S/C9H9FO2/c1-11-8-4-6(10)2-3-7(8)9-5-12-9/h2-4,9H,5H2,1H3/t9-/m1/s1. The molecule has 1 aromatic rings. The van der Waals surface area contributed by atoms with Gasteiger partial charge in [0.2, 0.25) is 0 Å². The van der Waals surface area contributed by atoms with Crippen molar-refractivity contribution < 1.29 is 13.9 Å². The number of ether oxygens (including phenoxy) is 2. The number of rotatable bonds is 2. The molecule has 1 aliphatic heterocycles. The molecule has 0 aromatic heterocycles. The first kappa shape index (κ1) is 7.55. The van der Waals surface area contributed by atoms with Gasteiger partial charge in [0.05, 0.1) is 13.7 Å². The molecular weight excluding hydrogens is 159 g/mol. The second-order valence-corrected chi connectivity index (χ2v) is 2.71. The molecule has 0 amide bonds. The highest BCUT2D eigenvalue weighted by atomic mass is 19.1. The van der Waals surface area contributed by atoms with E-state index in [1.54, 1.807) is 6.07 Å². The summed E-state index contributed by atoms with van der Waals surface area (Å²) in [6.07, 6.45) is 0.112. The Kier molecular flexibility index (Phi) is 1.73. The molecule has 1 aliphatic rings. The molecule has 0 aliphatic carbocycles. The van der Waals surface area contributed by atoms with Crippen LogP contribution in [0.1, 0.15) is 11.7 Å². The van der Waals surface area contributed by atoms with Crippen LogP contribution in [0.2, 0.25) is 0 Å². The van der Waals surface area contributed by atoms with Crippen molar-refractivity contribution in [2.75, 3.05) is 13.7 Å². The second-order valence-electron chi connectivity index (χ2n) is 2.71. The van der Waals surface area contributed by atoms with Crippen LogP contribution in [0.25, 0.3) is 0 Å². The summed E-state index contributed by atoms with van der Waals surface area (Å²) in [4.78, 5) is 0. The summed E-state index contributed by atoms with van der Waals surface area (Å²) in [6.45, 7) is 0.710. The zero-order valence-corrected chi connectivity index (χ0v) is 6.71. The van der Waals surface area contributed by atoms with Crippen LogP contribution in [-0.2, 0) is 4.74 Å². The van der Waals surface area contributed by atoms with Crippen LogP contribution < -0.4 is 4.74 Å². The van der Waals surface area contributed by atoms with E-state index in [1.165, 1.54) is 19.2 Å². The van der Waals surface area contributed by atoms with Crippen LogP contribution in [-0.4, -0.2) is 13.7 Å². The van der Waals surface area contributed by atoms with Crippen molar-refractivity contribution in [1.82, 2.24) is 0 Å². The Morgan fingerprint density at radius 3 is 2.92 bits per heavy atom. The average Bonchev–Trinajstić information content (AvgIpc) is 2.87. The first-order chi connectivity index (χ1) is 5.81. The predicted octanol–water partition coefficient (Wildman–Crippen LogP) is 1.91. The summed E-state index contributed by atoms with van der Waals surface area (Å²) in [5.41, 5.74) is 0.930. The van der Waals surface area contributed by atoms with Crippen LogP contribution in [0.15, 0.2) is 18.2 Å². The van der Waals surface area contributed by atoms with Gasteiger partial charge in [-0.25, -0.2) is 4.39 Å². The van der Waals surface area contributed by atoms with E-state index in [4.69, 9.17) is 9.47 Å². The third-order valence-electron chi connectivity index (χ3n) is 1.88. The fraction of sp³-hybridized carbons (Fsp3) is 0.333. The van der Waals surface area contributed by atoms with Gasteiger partial charge in [-0.1, -0.05) is 0 Å². The maximum absolute atomic E-state index is 12.7. The van der Waals surface area contributed by atoms with Gasteiger partial charge in [-0.2, -0.15) is 0 Å². The molecule has 1 atom stereocenters. The number of epoxide rings is 1. The van der Waals surface area contributed by atoms with Crippen molar-refractivity contribution >= 4 is 0 Å². The first-order valence-corrected chi connectivity index (χ1v) is 3.76. The SMILES string of the molecule is COc1cc(F)ccc1[C@H]1CO1. The Hall–Kier alpha value is -1.09. The summed E-state index contributed by atoms with van der Waals surface area (Å²) < 4.78 is 22.8. The van der Waals surface area contributed by atoms with E-state index in [2.05, 4.69) is 0 Å². The van der Waals surface area contributed by atoms with Gasteiger partial charge in [0.15, 0.2) is 0 Å². The molecular formula is C9H9FO2. The predicted molar refractivity (Wildman–Crippen MR) is 41.6 cm³/mol. The molecule has 2 rings (SSSR count). The summed E-state index contributed by atoms with van der Waals surface area (Å²) in [6, 6.07) is 4.49. The summed E-state index contributed by atoms with van der Waals surface area (Å²) in [5, 5.41) is 0. The monoisotopic (exact) mass is 168 g/mol. The van der Waals surface area contributed by atoms with E-state index in [1.807, 2.05) is 0 Å². The quantitative estimate of drug-likeness (QED) is 0.629. The molecule has 0 N–H and O–H groups in total. The van der Waals surface area contributed by atoms with Crippen molar-refractivity contribution in [2.45, 2.75) is 6.10 Å². The van der Waals surface area contributed by atoms with Crippen LogP contribution in [0.5, 0.6) is 5.75 Å². The van der Waals surface area contributed by atoms with Crippen molar-refractivity contribution in [3.05, 3.63) is 29.6 Å². The summed E-state index contributed by atoms with van der Waals surface area (Å²) in [7, 11) is 1.53. The summed E-state index contributed by atoms with van der Waals surface area (Å²) >= 11 is 0. The van der Waals surface area contributed by atoms with Crippen molar-refractivity contribution in [3.8, 4) is 5.75 Å². The molecule has 0 unspecified atom stereocenters. The lowest BCUT2D eigenvalue weighted by Gasteiger charge is -2.04. The fourth-order valence-electron chi connectivity index (χ4n) is 1.18. The minimum Gasteiger partial charge on any atom is -0.496 e. The van der Waals surface area contributed by atoms with Crippen LogP contribution >= 0.6 is 0 Å². The van der Waals surface area contributed by atoms with Gasteiger partial charge < -0.3 is 9.47 Å². The molecule has 3 heteroatoms. The van der Waals surface area contributed by atoms with Crippen LogP contribution in [0.3, 0.4) is 0 Å². The number of benzene rings is 1. The zero-order chi connectivity index (χ0) is 8.55. The van der Waals surface area contributed by atoms with Crippen molar-refractivity contribution in [3.63, 3.8) is 0 Å². The third-order valence-corrected chi connectivity index (χ3v) is 1.88. The Labute approximate surface area is 69.9 Å². The number of halogens is 1. The molecule has 0 radical (unpaired) electrons. The van der Waals surface area contributed by atoms with E-state index in [0.29, 0.717) is 12.4 Å². The van der Waals surface area contributed by atoms with E-state index in [0.717, 1.165) is 5.56 Å². The van der Waals surface area contributed by atoms with Crippen LogP contribution in [0.4, 0.5) is 4.39 Å². The van der Waals surface area contributed by atoms with Gasteiger partial charge in [0, 0.05) is 11.6 Å². The number of hydrogen-bond donors (Lipinski definition) is 0. The minimum absolute atomic E-state index is 0.112. The molecule has 1 aromatic carbocycles. The van der Waals surface area contributed by atoms with E-state index in [9.17, 15) is 4.39 Å². The lowest BCUT2D eigenvalue weighted by molar-refractivity contribution is 0.381. The molecule has 0 bridgehead atoms. The third kappa shape index (κ3) is 1.28. The Morgan fingerprint density at radius 1 is 1.58 bits per heavy atom. The van der Waals surface area contributed by atoms with Crippen LogP contribution in [0, 0.1) is 5.82 Å². The van der Waals surface area contributed by atoms with Crippen molar-refractivity contribution in [2.24, 2.45) is 0 Å². The highest BCUT2D eigenvalue weighted by Crippen LogP contribution is 2.36. The first-order valence-electron chi connectivity index (χ1n) is 3.76. The molecule has 2 nitrogen and oxygen atoms in total. The largest absolute Gasteiger partial charge is 0.496 e. The lowest BCUT2D eigenvalue weighted by Crippen LogP contribution is -1.91. The Bertz CT molecular complexity index is 295. The van der Waals surface area contributed by atoms with Gasteiger partial charge in [-0.05, 0) is 12.1 Å². The van der Waals surface area contributed by atoms with Gasteiger partial charge >= 0.3 is 0 Å². The molecule has 0 spiro atoms. The zero-order valence-electron chi connectivity index (χ0n) is 6.71.